The van der Waals surface area contributed by atoms with Crippen molar-refractivity contribution in [2.45, 2.75) is 45.2 Å². The van der Waals surface area contributed by atoms with E-state index in [-0.39, 0.29) is 0 Å². The first-order valence-electron chi connectivity index (χ1n) is 7.67. The van der Waals surface area contributed by atoms with Crippen molar-refractivity contribution in [2.24, 2.45) is 0 Å². The fourth-order valence-corrected chi connectivity index (χ4v) is 2.84. The second kappa shape index (κ2) is 7.09. The lowest BCUT2D eigenvalue weighted by molar-refractivity contribution is 0.162. The summed E-state index contributed by atoms with van der Waals surface area (Å²) in [4.78, 5) is 7.14. The van der Waals surface area contributed by atoms with Gasteiger partial charge in [-0.15, -0.1) is 0 Å². The zero-order valence-electron chi connectivity index (χ0n) is 13.2. The molecule has 5 heteroatoms. The SMILES string of the molecule is CCc1cn(C(C)COC)c(N(C)C2CCCNC2)n1. The van der Waals surface area contributed by atoms with Gasteiger partial charge < -0.3 is 19.5 Å². The number of imidazole rings is 1. The molecule has 1 saturated heterocycles. The standard InChI is InChI=1S/C15H28N4O/c1-5-13-10-19(12(2)11-20-4)15(17-13)18(3)14-7-6-8-16-9-14/h10,12,14,16H,5-9,11H2,1-4H3. The van der Waals surface area contributed by atoms with Crippen LogP contribution < -0.4 is 10.2 Å². The van der Waals surface area contributed by atoms with Crippen LogP contribution in [0, 0.1) is 0 Å². The largest absolute Gasteiger partial charge is 0.383 e. The van der Waals surface area contributed by atoms with Gasteiger partial charge in [0.05, 0.1) is 18.3 Å². The molecule has 0 radical (unpaired) electrons. The molecule has 1 aromatic heterocycles. The minimum absolute atomic E-state index is 0.307. The van der Waals surface area contributed by atoms with E-state index < -0.39 is 0 Å². The average molecular weight is 280 g/mol. The molecule has 0 saturated carbocycles. The monoisotopic (exact) mass is 280 g/mol. The zero-order chi connectivity index (χ0) is 14.5. The maximum absolute atomic E-state index is 5.30. The first-order valence-corrected chi connectivity index (χ1v) is 7.67. The minimum Gasteiger partial charge on any atom is -0.383 e. The van der Waals surface area contributed by atoms with Crippen molar-refractivity contribution >= 4 is 5.95 Å². The highest BCUT2D eigenvalue weighted by molar-refractivity contribution is 5.35. The molecule has 1 aliphatic heterocycles. The number of likely N-dealkylation sites (N-methyl/N-ethyl adjacent to an activating group) is 1. The van der Waals surface area contributed by atoms with Gasteiger partial charge in [-0.25, -0.2) is 4.98 Å². The number of piperidine rings is 1. The Morgan fingerprint density at radius 2 is 2.40 bits per heavy atom. The number of hydrogen-bond acceptors (Lipinski definition) is 4. The van der Waals surface area contributed by atoms with E-state index in [2.05, 4.69) is 41.9 Å². The molecule has 5 nitrogen and oxygen atoms in total. The third-order valence-corrected chi connectivity index (χ3v) is 4.14. The molecule has 2 rings (SSSR count). The Balaban J connectivity index is 2.21. The predicted octanol–water partition coefficient (Wildman–Crippen LogP) is 1.84. The van der Waals surface area contributed by atoms with Gasteiger partial charge in [0.15, 0.2) is 0 Å². The normalized spacial score (nSPS) is 20.9. The number of aryl methyl sites for hydroxylation is 1. The van der Waals surface area contributed by atoms with Gasteiger partial charge >= 0.3 is 0 Å². The van der Waals surface area contributed by atoms with Crippen molar-refractivity contribution in [1.82, 2.24) is 14.9 Å². The van der Waals surface area contributed by atoms with Gasteiger partial charge in [-0.05, 0) is 32.7 Å². The molecular formula is C15H28N4O. The van der Waals surface area contributed by atoms with E-state index >= 15 is 0 Å². The Morgan fingerprint density at radius 3 is 3.00 bits per heavy atom. The quantitative estimate of drug-likeness (QED) is 0.863. The summed E-state index contributed by atoms with van der Waals surface area (Å²) in [5.41, 5.74) is 1.15. The van der Waals surface area contributed by atoms with Gasteiger partial charge in [-0.1, -0.05) is 6.92 Å². The molecule has 1 fully saturated rings. The summed E-state index contributed by atoms with van der Waals surface area (Å²) in [6.45, 7) is 7.23. The van der Waals surface area contributed by atoms with E-state index in [1.807, 2.05) is 0 Å². The fraction of sp³-hybridized carbons (Fsp3) is 0.800. The first-order chi connectivity index (χ1) is 9.67. The van der Waals surface area contributed by atoms with Crippen LogP contribution >= 0.6 is 0 Å². The summed E-state index contributed by atoms with van der Waals surface area (Å²) in [6.07, 6.45) is 5.61. The number of hydrogen-bond donors (Lipinski definition) is 1. The number of nitrogens with zero attached hydrogens (tertiary/aromatic N) is 3. The van der Waals surface area contributed by atoms with Crippen LogP contribution in [0.4, 0.5) is 5.95 Å². The molecule has 1 N–H and O–H groups in total. The van der Waals surface area contributed by atoms with E-state index in [0.717, 1.165) is 31.2 Å². The molecule has 0 spiro atoms. The van der Waals surface area contributed by atoms with Crippen molar-refractivity contribution < 1.29 is 4.74 Å². The molecular weight excluding hydrogens is 252 g/mol. The molecule has 1 aliphatic rings. The molecule has 2 unspecified atom stereocenters. The molecule has 0 amide bonds. The molecule has 0 bridgehead atoms. The van der Waals surface area contributed by atoms with Gasteiger partial charge in [0.1, 0.15) is 0 Å². The van der Waals surface area contributed by atoms with Crippen LogP contribution in [0.1, 0.15) is 38.4 Å². The molecule has 2 atom stereocenters. The minimum atomic E-state index is 0.307. The smallest absolute Gasteiger partial charge is 0.206 e. The van der Waals surface area contributed by atoms with Crippen LogP contribution in [0.15, 0.2) is 6.20 Å². The lowest BCUT2D eigenvalue weighted by Crippen LogP contribution is -2.45. The molecule has 1 aromatic rings. The van der Waals surface area contributed by atoms with Gasteiger partial charge in [0, 0.05) is 32.9 Å². The Hall–Kier alpha value is -1.07. The van der Waals surface area contributed by atoms with Gasteiger partial charge in [0.2, 0.25) is 5.95 Å². The number of nitrogens with one attached hydrogen (secondary N) is 1. The Kier molecular flexibility index (Phi) is 5.43. The van der Waals surface area contributed by atoms with Crippen LogP contribution in [-0.2, 0) is 11.2 Å². The van der Waals surface area contributed by atoms with Crippen molar-refractivity contribution in [3.05, 3.63) is 11.9 Å². The Bertz CT molecular complexity index is 412. The number of ether oxygens (including phenoxy) is 1. The Morgan fingerprint density at radius 1 is 1.60 bits per heavy atom. The van der Waals surface area contributed by atoms with Crippen LogP contribution in [0.5, 0.6) is 0 Å². The third kappa shape index (κ3) is 3.33. The van der Waals surface area contributed by atoms with Crippen molar-refractivity contribution in [2.75, 3.05) is 38.8 Å². The molecule has 2 heterocycles. The number of rotatable bonds is 6. The topological polar surface area (TPSA) is 42.3 Å². The number of methoxy groups -OCH3 is 1. The first kappa shape index (κ1) is 15.3. The van der Waals surface area contributed by atoms with Gasteiger partial charge in [-0.3, -0.25) is 0 Å². The molecule has 114 valence electrons. The maximum Gasteiger partial charge on any atom is 0.206 e. The molecule has 0 aromatic carbocycles. The van der Waals surface area contributed by atoms with Crippen LogP contribution in [0.25, 0.3) is 0 Å². The summed E-state index contributed by atoms with van der Waals surface area (Å²) in [5.74, 6) is 1.07. The summed E-state index contributed by atoms with van der Waals surface area (Å²) in [6, 6.07) is 0.839. The van der Waals surface area contributed by atoms with E-state index in [4.69, 9.17) is 9.72 Å². The van der Waals surface area contributed by atoms with E-state index in [9.17, 15) is 0 Å². The number of anilines is 1. The second-order valence-electron chi connectivity index (χ2n) is 5.71. The molecule has 20 heavy (non-hydrogen) atoms. The van der Waals surface area contributed by atoms with Gasteiger partial charge in [0.25, 0.3) is 0 Å². The van der Waals surface area contributed by atoms with Gasteiger partial charge in [-0.2, -0.15) is 0 Å². The van der Waals surface area contributed by atoms with Crippen LogP contribution in [-0.4, -0.2) is 49.4 Å². The van der Waals surface area contributed by atoms with E-state index in [1.54, 1.807) is 7.11 Å². The summed E-state index contributed by atoms with van der Waals surface area (Å²) >= 11 is 0. The van der Waals surface area contributed by atoms with Crippen molar-refractivity contribution in [3.63, 3.8) is 0 Å². The fourth-order valence-electron chi connectivity index (χ4n) is 2.84. The average Bonchev–Trinajstić information content (AvgIpc) is 2.92. The predicted molar refractivity (Wildman–Crippen MR) is 82.5 cm³/mol. The van der Waals surface area contributed by atoms with E-state index in [1.165, 1.54) is 12.8 Å². The lowest BCUT2D eigenvalue weighted by Gasteiger charge is -2.33. The highest BCUT2D eigenvalue weighted by Crippen LogP contribution is 2.23. The zero-order valence-corrected chi connectivity index (χ0v) is 13.2. The van der Waals surface area contributed by atoms with Crippen molar-refractivity contribution in [1.29, 1.82) is 0 Å². The van der Waals surface area contributed by atoms with Crippen LogP contribution in [0.3, 0.4) is 0 Å². The highest BCUT2D eigenvalue weighted by atomic mass is 16.5. The summed E-state index contributed by atoms with van der Waals surface area (Å²) < 4.78 is 7.56. The third-order valence-electron chi connectivity index (χ3n) is 4.14. The summed E-state index contributed by atoms with van der Waals surface area (Å²) in [7, 11) is 3.91. The number of aromatic nitrogens is 2. The second-order valence-corrected chi connectivity index (χ2v) is 5.71. The van der Waals surface area contributed by atoms with Crippen molar-refractivity contribution in [3.8, 4) is 0 Å². The highest BCUT2D eigenvalue weighted by Gasteiger charge is 2.23. The van der Waals surface area contributed by atoms with E-state index in [0.29, 0.717) is 18.7 Å². The summed E-state index contributed by atoms with van der Waals surface area (Å²) in [5, 5.41) is 3.48. The lowest BCUT2D eigenvalue weighted by atomic mass is 10.1. The maximum atomic E-state index is 5.30. The molecule has 0 aliphatic carbocycles. The Labute approximate surface area is 122 Å². The van der Waals surface area contributed by atoms with Crippen LogP contribution in [0.2, 0.25) is 0 Å².